The van der Waals surface area contributed by atoms with Gasteiger partial charge >= 0.3 is 0 Å². The second kappa shape index (κ2) is 6.83. The zero-order chi connectivity index (χ0) is 14.6. The average Bonchev–Trinajstić information content (AvgIpc) is 2.47. The Bertz CT molecular complexity index is 528. The number of methoxy groups -OCH3 is 1. The van der Waals surface area contributed by atoms with Gasteiger partial charge < -0.3 is 4.74 Å². The summed E-state index contributed by atoms with van der Waals surface area (Å²) >= 11 is 1.82. The third-order valence-electron chi connectivity index (χ3n) is 3.37. The Labute approximate surface area is 125 Å². The first-order valence-electron chi connectivity index (χ1n) is 6.80. The van der Waals surface area contributed by atoms with Crippen molar-refractivity contribution in [2.24, 2.45) is 0 Å². The van der Waals surface area contributed by atoms with Crippen molar-refractivity contribution >= 4 is 21.8 Å². The number of nitrogens with zero attached hydrogens (tertiary/aromatic N) is 1. The van der Waals surface area contributed by atoms with Crippen LogP contribution in [0.5, 0.6) is 5.75 Å². The van der Waals surface area contributed by atoms with E-state index < -0.39 is 10.0 Å². The summed E-state index contributed by atoms with van der Waals surface area (Å²) in [5, 5.41) is 0.210. The number of rotatable bonds is 5. The number of hydrogen-bond acceptors (Lipinski definition) is 4. The second-order valence-corrected chi connectivity index (χ2v) is 8.21. The van der Waals surface area contributed by atoms with Gasteiger partial charge in [-0.2, -0.15) is 16.1 Å². The van der Waals surface area contributed by atoms with Gasteiger partial charge in [-0.3, -0.25) is 0 Å². The lowest BCUT2D eigenvalue weighted by atomic mass is 10.1. The van der Waals surface area contributed by atoms with E-state index in [9.17, 15) is 8.42 Å². The third-order valence-corrected chi connectivity index (χ3v) is 6.66. The standard InChI is InChI=1S/C14H21NO3S2/c1-3-10-20(16,17)15-8-9-19-14(11-15)12-4-6-13(18-2)7-5-12/h4-7,14H,3,8-11H2,1-2H3. The molecule has 1 unspecified atom stereocenters. The van der Waals surface area contributed by atoms with Crippen LogP contribution in [-0.2, 0) is 10.0 Å². The molecule has 0 spiro atoms. The topological polar surface area (TPSA) is 46.6 Å². The fourth-order valence-corrected chi connectivity index (χ4v) is 5.26. The highest BCUT2D eigenvalue weighted by Crippen LogP contribution is 2.34. The van der Waals surface area contributed by atoms with E-state index in [-0.39, 0.29) is 11.0 Å². The minimum Gasteiger partial charge on any atom is -0.497 e. The van der Waals surface area contributed by atoms with Gasteiger partial charge in [0.2, 0.25) is 10.0 Å². The van der Waals surface area contributed by atoms with Crippen molar-refractivity contribution in [1.82, 2.24) is 4.31 Å². The predicted octanol–water partition coefficient (Wildman–Crippen LogP) is 2.52. The van der Waals surface area contributed by atoms with Gasteiger partial charge in [-0.15, -0.1) is 0 Å². The monoisotopic (exact) mass is 315 g/mol. The van der Waals surface area contributed by atoms with Crippen molar-refractivity contribution in [1.29, 1.82) is 0 Å². The van der Waals surface area contributed by atoms with Crippen molar-refractivity contribution < 1.29 is 13.2 Å². The summed E-state index contributed by atoms with van der Waals surface area (Å²) in [4.78, 5) is 0. The molecule has 0 amide bonds. The van der Waals surface area contributed by atoms with Gasteiger partial charge in [0.05, 0.1) is 12.9 Å². The smallest absolute Gasteiger partial charge is 0.214 e. The summed E-state index contributed by atoms with van der Waals surface area (Å²) in [7, 11) is -1.45. The summed E-state index contributed by atoms with van der Waals surface area (Å²) in [6, 6.07) is 7.89. The molecule has 1 saturated heterocycles. The summed E-state index contributed by atoms with van der Waals surface area (Å²) in [5.41, 5.74) is 1.16. The fraction of sp³-hybridized carbons (Fsp3) is 0.571. The zero-order valence-corrected chi connectivity index (χ0v) is 13.5. The van der Waals surface area contributed by atoms with Crippen LogP contribution in [0.4, 0.5) is 0 Å². The Morgan fingerprint density at radius 3 is 2.65 bits per heavy atom. The number of hydrogen-bond donors (Lipinski definition) is 0. The van der Waals surface area contributed by atoms with Crippen molar-refractivity contribution in [3.05, 3.63) is 29.8 Å². The van der Waals surface area contributed by atoms with Crippen molar-refractivity contribution in [2.45, 2.75) is 18.6 Å². The number of benzene rings is 1. The Kier molecular flexibility index (Phi) is 5.35. The minimum absolute atomic E-state index is 0.210. The SMILES string of the molecule is CCCS(=O)(=O)N1CCSC(c2ccc(OC)cc2)C1. The molecule has 1 aliphatic rings. The van der Waals surface area contributed by atoms with Crippen LogP contribution in [0, 0.1) is 0 Å². The predicted molar refractivity (Wildman–Crippen MR) is 83.8 cm³/mol. The van der Waals surface area contributed by atoms with E-state index in [4.69, 9.17) is 4.74 Å². The van der Waals surface area contributed by atoms with Crippen LogP contribution in [0.1, 0.15) is 24.2 Å². The van der Waals surface area contributed by atoms with Crippen LogP contribution in [0.15, 0.2) is 24.3 Å². The van der Waals surface area contributed by atoms with Gasteiger partial charge in [0.25, 0.3) is 0 Å². The minimum atomic E-state index is -3.09. The van der Waals surface area contributed by atoms with Gasteiger partial charge in [-0.1, -0.05) is 19.1 Å². The van der Waals surface area contributed by atoms with Crippen LogP contribution in [0.2, 0.25) is 0 Å². The van der Waals surface area contributed by atoms with E-state index in [0.717, 1.165) is 17.1 Å². The number of ether oxygens (including phenoxy) is 1. The van der Waals surface area contributed by atoms with Crippen LogP contribution in [0.25, 0.3) is 0 Å². The zero-order valence-electron chi connectivity index (χ0n) is 11.9. The number of thioether (sulfide) groups is 1. The fourth-order valence-electron chi connectivity index (χ4n) is 2.29. The summed E-state index contributed by atoms with van der Waals surface area (Å²) in [6.45, 7) is 3.09. The lowest BCUT2D eigenvalue weighted by Gasteiger charge is -2.31. The highest BCUT2D eigenvalue weighted by molar-refractivity contribution is 7.99. The van der Waals surface area contributed by atoms with E-state index >= 15 is 0 Å². The maximum atomic E-state index is 12.2. The first kappa shape index (κ1) is 15.7. The van der Waals surface area contributed by atoms with E-state index in [1.165, 1.54) is 0 Å². The Morgan fingerprint density at radius 2 is 2.05 bits per heavy atom. The Morgan fingerprint density at radius 1 is 1.35 bits per heavy atom. The average molecular weight is 315 g/mol. The van der Waals surface area contributed by atoms with E-state index in [2.05, 4.69) is 0 Å². The summed E-state index contributed by atoms with van der Waals surface area (Å²) in [6.07, 6.45) is 0.666. The van der Waals surface area contributed by atoms with Crippen molar-refractivity contribution in [3.63, 3.8) is 0 Å². The highest BCUT2D eigenvalue weighted by Gasteiger charge is 2.29. The van der Waals surface area contributed by atoms with Crippen LogP contribution in [-0.4, -0.2) is 44.4 Å². The van der Waals surface area contributed by atoms with Gasteiger partial charge in [-0.25, -0.2) is 8.42 Å². The van der Waals surface area contributed by atoms with E-state index in [0.29, 0.717) is 19.5 Å². The maximum absolute atomic E-state index is 12.2. The summed E-state index contributed by atoms with van der Waals surface area (Å²) in [5.74, 6) is 1.91. The molecule has 0 aromatic heterocycles. The Balaban J connectivity index is 2.10. The third kappa shape index (κ3) is 3.68. The Hall–Kier alpha value is -0.720. The highest BCUT2D eigenvalue weighted by atomic mass is 32.2. The van der Waals surface area contributed by atoms with Crippen LogP contribution < -0.4 is 4.74 Å². The first-order chi connectivity index (χ1) is 9.56. The molecule has 1 heterocycles. The molecule has 1 atom stereocenters. The molecule has 0 radical (unpaired) electrons. The molecule has 1 aliphatic heterocycles. The molecule has 1 fully saturated rings. The normalized spacial score (nSPS) is 20.8. The van der Waals surface area contributed by atoms with Crippen LogP contribution >= 0.6 is 11.8 Å². The molecule has 4 nitrogen and oxygen atoms in total. The largest absolute Gasteiger partial charge is 0.497 e. The van der Waals surface area contributed by atoms with Gasteiger partial charge in [0, 0.05) is 24.1 Å². The molecule has 0 N–H and O–H groups in total. The van der Waals surface area contributed by atoms with Crippen LogP contribution in [0.3, 0.4) is 0 Å². The maximum Gasteiger partial charge on any atom is 0.214 e. The molecule has 1 aromatic rings. The lowest BCUT2D eigenvalue weighted by molar-refractivity contribution is 0.413. The second-order valence-electron chi connectivity index (χ2n) is 4.81. The molecule has 20 heavy (non-hydrogen) atoms. The van der Waals surface area contributed by atoms with Crippen molar-refractivity contribution in [3.8, 4) is 5.75 Å². The summed E-state index contributed by atoms with van der Waals surface area (Å²) < 4.78 is 31.1. The van der Waals surface area contributed by atoms with Crippen molar-refractivity contribution in [2.75, 3.05) is 31.7 Å². The molecule has 0 bridgehead atoms. The molecular weight excluding hydrogens is 294 g/mol. The van der Waals surface area contributed by atoms with Gasteiger partial charge in [0.1, 0.15) is 5.75 Å². The van der Waals surface area contributed by atoms with Gasteiger partial charge in [0.15, 0.2) is 0 Å². The molecule has 6 heteroatoms. The molecule has 0 saturated carbocycles. The lowest BCUT2D eigenvalue weighted by Crippen LogP contribution is -2.40. The van der Waals surface area contributed by atoms with Gasteiger partial charge in [-0.05, 0) is 24.1 Å². The quantitative estimate of drug-likeness (QED) is 0.838. The molecule has 2 rings (SSSR count). The first-order valence-corrected chi connectivity index (χ1v) is 9.46. The molecular formula is C14H21NO3S2. The van der Waals surface area contributed by atoms with E-state index in [1.807, 2.05) is 43.0 Å². The number of sulfonamides is 1. The van der Waals surface area contributed by atoms with E-state index in [1.54, 1.807) is 11.4 Å². The molecule has 0 aliphatic carbocycles. The molecule has 112 valence electrons. The molecule has 1 aromatic carbocycles.